The van der Waals surface area contributed by atoms with E-state index in [0.717, 1.165) is 8.66 Å². The Labute approximate surface area is 182 Å². The summed E-state index contributed by atoms with van der Waals surface area (Å²) in [6.45, 7) is 0. The minimum atomic E-state index is -4.88. The van der Waals surface area contributed by atoms with Gasteiger partial charge < -0.3 is 9.47 Å². The van der Waals surface area contributed by atoms with Gasteiger partial charge in [0, 0.05) is 5.56 Å². The number of fused-ring (bicyclic) bond motifs is 3. The summed E-state index contributed by atoms with van der Waals surface area (Å²) in [5, 5.41) is 5.15. The fraction of sp³-hybridized carbons (Fsp3) is 0.158. The van der Waals surface area contributed by atoms with Crippen LogP contribution in [0.1, 0.15) is 22.1 Å². The number of benzene rings is 2. The molecule has 30 heavy (non-hydrogen) atoms. The number of alkyl halides is 3. The van der Waals surface area contributed by atoms with Gasteiger partial charge in [-0.05, 0) is 51.3 Å². The Kier molecular flexibility index (Phi) is 5.33. The molecule has 5 nitrogen and oxygen atoms in total. The number of ether oxygens (including phenoxy) is 2. The Balaban J connectivity index is 1.91. The van der Waals surface area contributed by atoms with Crippen molar-refractivity contribution in [1.29, 1.82) is 0 Å². The molecule has 0 bridgehead atoms. The Bertz CT molecular complexity index is 1220. The van der Waals surface area contributed by atoms with Crippen LogP contribution in [0.2, 0.25) is 0 Å². The molecule has 0 saturated carbocycles. The van der Waals surface area contributed by atoms with Gasteiger partial charge in [0.15, 0.2) is 6.10 Å². The van der Waals surface area contributed by atoms with E-state index in [1.807, 2.05) is 12.1 Å². The molecule has 1 aliphatic rings. The second-order valence-corrected chi connectivity index (χ2v) is 10.7. The molecule has 3 aromatic rings. The highest BCUT2D eigenvalue weighted by molar-refractivity contribution is 9.11. The van der Waals surface area contributed by atoms with Crippen LogP contribution in [0.25, 0.3) is 11.1 Å². The highest BCUT2D eigenvalue weighted by Gasteiger charge is 2.36. The van der Waals surface area contributed by atoms with Gasteiger partial charge >= 0.3 is 6.36 Å². The van der Waals surface area contributed by atoms with Crippen molar-refractivity contribution in [1.82, 2.24) is 0 Å². The van der Waals surface area contributed by atoms with Crippen molar-refractivity contribution >= 4 is 37.3 Å². The maximum Gasteiger partial charge on any atom is 0.573 e. The highest BCUT2D eigenvalue weighted by Crippen LogP contribution is 2.51. The van der Waals surface area contributed by atoms with Crippen molar-refractivity contribution in [2.24, 2.45) is 5.14 Å². The van der Waals surface area contributed by atoms with E-state index in [0.29, 0.717) is 16.7 Å². The van der Waals surface area contributed by atoms with Crippen molar-refractivity contribution in [3.05, 3.63) is 68.3 Å². The minimum absolute atomic E-state index is 0.152. The average molecular weight is 520 g/mol. The van der Waals surface area contributed by atoms with Crippen LogP contribution in [0, 0.1) is 0 Å². The maximum absolute atomic E-state index is 12.9. The lowest BCUT2D eigenvalue weighted by molar-refractivity contribution is -0.274. The van der Waals surface area contributed by atoms with Gasteiger partial charge in [-0.1, -0.05) is 24.3 Å². The largest absolute Gasteiger partial charge is 0.573 e. The SMILES string of the molecule is NS(=O)(=O)Cc1ccc2c(c1)C(c1ccc(Br)s1)Oc1cccc(OC(F)(F)F)c1-2. The summed E-state index contributed by atoms with van der Waals surface area (Å²) in [4.78, 5) is 0.795. The first-order valence-corrected chi connectivity index (χ1v) is 11.8. The number of sulfonamides is 1. The zero-order valence-electron chi connectivity index (χ0n) is 14.9. The van der Waals surface area contributed by atoms with Gasteiger partial charge in [0.1, 0.15) is 11.5 Å². The van der Waals surface area contributed by atoms with Gasteiger partial charge in [0.25, 0.3) is 0 Å². The number of hydrogen-bond acceptors (Lipinski definition) is 5. The fourth-order valence-electron chi connectivity index (χ4n) is 3.33. The van der Waals surface area contributed by atoms with Gasteiger partial charge in [-0.3, -0.25) is 0 Å². The monoisotopic (exact) mass is 519 g/mol. The molecule has 2 aromatic carbocycles. The minimum Gasteiger partial charge on any atom is -0.479 e. The third-order valence-electron chi connectivity index (χ3n) is 4.35. The predicted molar refractivity (Wildman–Crippen MR) is 110 cm³/mol. The number of primary sulfonamides is 1. The van der Waals surface area contributed by atoms with Crippen LogP contribution in [-0.2, 0) is 15.8 Å². The van der Waals surface area contributed by atoms with Crippen molar-refractivity contribution in [3.8, 4) is 22.6 Å². The summed E-state index contributed by atoms with van der Waals surface area (Å²) < 4.78 is 73.0. The molecule has 0 amide bonds. The lowest BCUT2D eigenvalue weighted by atomic mass is 9.90. The zero-order chi connectivity index (χ0) is 21.7. The Morgan fingerprint density at radius 1 is 1.17 bits per heavy atom. The van der Waals surface area contributed by atoms with E-state index in [-0.39, 0.29) is 11.3 Å². The van der Waals surface area contributed by atoms with Crippen LogP contribution in [0.5, 0.6) is 11.5 Å². The highest BCUT2D eigenvalue weighted by atomic mass is 79.9. The van der Waals surface area contributed by atoms with Crippen LogP contribution in [-0.4, -0.2) is 14.8 Å². The third kappa shape index (κ3) is 4.48. The smallest absolute Gasteiger partial charge is 0.479 e. The normalized spacial score (nSPS) is 15.8. The molecule has 1 unspecified atom stereocenters. The second kappa shape index (κ2) is 7.56. The van der Waals surface area contributed by atoms with E-state index >= 15 is 0 Å². The summed E-state index contributed by atoms with van der Waals surface area (Å²) in [5.74, 6) is -0.571. The first-order valence-electron chi connectivity index (χ1n) is 8.44. The fourth-order valence-corrected chi connectivity index (χ4v) is 5.45. The number of thiophene rings is 1. The van der Waals surface area contributed by atoms with E-state index in [2.05, 4.69) is 20.7 Å². The molecule has 2 heterocycles. The lowest BCUT2D eigenvalue weighted by Gasteiger charge is -2.30. The Morgan fingerprint density at radius 3 is 2.57 bits per heavy atom. The Hall–Kier alpha value is -2.08. The molecule has 4 rings (SSSR count). The molecule has 0 radical (unpaired) electrons. The molecule has 1 atom stereocenters. The molecule has 0 aliphatic carbocycles. The van der Waals surface area contributed by atoms with Crippen molar-refractivity contribution in [2.75, 3.05) is 0 Å². The van der Waals surface area contributed by atoms with E-state index in [1.54, 1.807) is 18.2 Å². The standard InChI is InChI=1S/C19H13BrF3NO4S2/c20-16-7-6-15(29-16)18-12-8-10(9-30(24,25)26)4-5-11(12)17-13(27-18)2-1-3-14(17)28-19(21,22)23/h1-8,18H,9H2,(H2,24,25,26). The van der Waals surface area contributed by atoms with Crippen LogP contribution < -0.4 is 14.6 Å². The molecule has 1 aliphatic heterocycles. The summed E-state index contributed by atoms with van der Waals surface area (Å²) in [7, 11) is -3.79. The average Bonchev–Trinajstić information content (AvgIpc) is 3.04. The van der Waals surface area contributed by atoms with Crippen molar-refractivity contribution in [3.63, 3.8) is 0 Å². The van der Waals surface area contributed by atoms with E-state index < -0.39 is 34.0 Å². The maximum atomic E-state index is 12.9. The molecular weight excluding hydrogens is 507 g/mol. The molecule has 0 fully saturated rings. The lowest BCUT2D eigenvalue weighted by Crippen LogP contribution is -2.20. The van der Waals surface area contributed by atoms with Crippen LogP contribution >= 0.6 is 27.3 Å². The number of hydrogen-bond donors (Lipinski definition) is 1. The zero-order valence-corrected chi connectivity index (χ0v) is 18.2. The number of nitrogens with two attached hydrogens (primary N) is 1. The summed E-state index contributed by atoms with van der Waals surface area (Å²) in [6.07, 6.45) is -5.51. The molecule has 11 heteroatoms. The van der Waals surface area contributed by atoms with Gasteiger partial charge in [0.2, 0.25) is 10.0 Å². The number of rotatable bonds is 4. The summed E-state index contributed by atoms with van der Waals surface area (Å²) >= 11 is 4.79. The van der Waals surface area contributed by atoms with E-state index in [4.69, 9.17) is 9.88 Å². The summed E-state index contributed by atoms with van der Waals surface area (Å²) in [6, 6.07) is 12.5. The van der Waals surface area contributed by atoms with Gasteiger partial charge in [-0.15, -0.1) is 24.5 Å². The molecule has 2 N–H and O–H groups in total. The second-order valence-electron chi connectivity index (χ2n) is 6.55. The van der Waals surface area contributed by atoms with E-state index in [1.165, 1.54) is 29.5 Å². The van der Waals surface area contributed by atoms with Crippen LogP contribution in [0.15, 0.2) is 52.3 Å². The topological polar surface area (TPSA) is 78.6 Å². The van der Waals surface area contributed by atoms with Crippen molar-refractivity contribution < 1.29 is 31.1 Å². The molecular formula is C19H13BrF3NO4S2. The van der Waals surface area contributed by atoms with Gasteiger partial charge in [-0.25, -0.2) is 13.6 Å². The molecule has 1 aromatic heterocycles. The third-order valence-corrected chi connectivity index (χ3v) is 6.75. The Morgan fingerprint density at radius 2 is 1.93 bits per heavy atom. The molecule has 158 valence electrons. The summed E-state index contributed by atoms with van der Waals surface area (Å²) in [5.41, 5.74) is 1.54. The van der Waals surface area contributed by atoms with E-state index in [9.17, 15) is 21.6 Å². The van der Waals surface area contributed by atoms with Crippen molar-refractivity contribution in [2.45, 2.75) is 18.2 Å². The van der Waals surface area contributed by atoms with Gasteiger partial charge in [-0.2, -0.15) is 0 Å². The number of halogens is 4. The first-order chi connectivity index (χ1) is 14.0. The van der Waals surface area contributed by atoms with Crippen LogP contribution in [0.4, 0.5) is 13.2 Å². The van der Waals surface area contributed by atoms with Crippen LogP contribution in [0.3, 0.4) is 0 Å². The predicted octanol–water partition coefficient (Wildman–Crippen LogP) is 5.35. The first kappa shape index (κ1) is 21.2. The molecule has 0 spiro atoms. The quantitative estimate of drug-likeness (QED) is 0.504. The molecule has 0 saturated heterocycles. The van der Waals surface area contributed by atoms with Gasteiger partial charge in [0.05, 0.1) is 20.0 Å².